The summed E-state index contributed by atoms with van der Waals surface area (Å²) in [6.07, 6.45) is 0. The van der Waals surface area contributed by atoms with E-state index in [1.54, 1.807) is 30.1 Å². The van der Waals surface area contributed by atoms with Crippen molar-refractivity contribution in [2.24, 2.45) is 4.99 Å². The van der Waals surface area contributed by atoms with Crippen molar-refractivity contribution in [1.82, 2.24) is 9.88 Å². The van der Waals surface area contributed by atoms with Crippen LogP contribution in [0.5, 0.6) is 5.88 Å². The number of fused-ring (bicyclic) bond motifs is 1. The monoisotopic (exact) mass is 498 g/mol. The number of hydrogen-bond acceptors (Lipinski definition) is 6. The largest absolute Gasteiger partial charge is 0.494 e. The van der Waals surface area contributed by atoms with E-state index >= 15 is 0 Å². The van der Waals surface area contributed by atoms with Crippen molar-refractivity contribution >= 4 is 39.9 Å². The first-order valence-corrected chi connectivity index (χ1v) is 11.9. The molecular weight excluding hydrogens is 468 g/mol. The Labute approximate surface area is 215 Å². The van der Waals surface area contributed by atoms with Crippen LogP contribution in [0.1, 0.15) is 28.4 Å². The lowest BCUT2D eigenvalue weighted by Crippen LogP contribution is -2.36. The molecule has 190 valence electrons. The second-order valence-electron chi connectivity index (χ2n) is 8.73. The number of aromatic hydroxyl groups is 1. The molecule has 3 aromatic carbocycles. The van der Waals surface area contributed by atoms with Crippen molar-refractivity contribution in [2.45, 2.75) is 6.92 Å². The van der Waals surface area contributed by atoms with E-state index in [4.69, 9.17) is 9.73 Å². The van der Waals surface area contributed by atoms with E-state index in [9.17, 15) is 14.7 Å². The van der Waals surface area contributed by atoms with E-state index in [1.165, 1.54) is 7.11 Å². The number of carbonyl (C=O) groups excluding carboxylic acids is 2. The summed E-state index contributed by atoms with van der Waals surface area (Å²) in [5.74, 6) is -0.512. The molecule has 1 amide bonds. The third-order valence-corrected chi connectivity index (χ3v) is 6.28. The molecular formula is C29H30N4O4. The van der Waals surface area contributed by atoms with Crippen LogP contribution in [-0.2, 0) is 9.53 Å². The van der Waals surface area contributed by atoms with Gasteiger partial charge in [-0.1, -0.05) is 43.3 Å². The number of rotatable bonds is 8. The highest BCUT2D eigenvalue weighted by Gasteiger charge is 2.20. The molecule has 8 nitrogen and oxygen atoms in total. The minimum Gasteiger partial charge on any atom is -0.494 e. The Bertz CT molecular complexity index is 1440. The summed E-state index contributed by atoms with van der Waals surface area (Å²) in [6, 6.07) is 22.0. The van der Waals surface area contributed by atoms with Gasteiger partial charge in [0, 0.05) is 29.2 Å². The minimum absolute atomic E-state index is 0.000569. The first-order chi connectivity index (χ1) is 17.8. The fraction of sp³-hybridized carbons (Fsp3) is 0.207. The smallest absolute Gasteiger partial charge is 0.337 e. The number of amides is 1. The summed E-state index contributed by atoms with van der Waals surface area (Å²) in [5.41, 5.74) is 4.30. The van der Waals surface area contributed by atoms with Crippen molar-refractivity contribution in [1.29, 1.82) is 0 Å². The highest BCUT2D eigenvalue weighted by Crippen LogP contribution is 2.32. The number of ether oxygens (including phenoxy) is 1. The van der Waals surface area contributed by atoms with Gasteiger partial charge in [0.15, 0.2) is 5.88 Å². The van der Waals surface area contributed by atoms with Gasteiger partial charge in [-0.25, -0.2) is 9.79 Å². The molecule has 2 N–H and O–H groups in total. The van der Waals surface area contributed by atoms with Gasteiger partial charge in [-0.05, 0) is 50.0 Å². The quantitative estimate of drug-likeness (QED) is 0.270. The van der Waals surface area contributed by atoms with Crippen molar-refractivity contribution in [2.75, 3.05) is 39.2 Å². The Morgan fingerprint density at radius 2 is 1.68 bits per heavy atom. The van der Waals surface area contributed by atoms with Gasteiger partial charge < -0.3 is 19.7 Å². The lowest BCUT2D eigenvalue weighted by atomic mass is 10.00. The fourth-order valence-corrected chi connectivity index (χ4v) is 4.00. The summed E-state index contributed by atoms with van der Waals surface area (Å²) in [5, 5.41) is 11.6. The van der Waals surface area contributed by atoms with Gasteiger partial charge in [-0.2, -0.15) is 0 Å². The van der Waals surface area contributed by atoms with Crippen molar-refractivity contribution in [3.05, 3.63) is 89.5 Å². The van der Waals surface area contributed by atoms with E-state index in [2.05, 4.69) is 4.98 Å². The van der Waals surface area contributed by atoms with E-state index in [-0.39, 0.29) is 11.8 Å². The molecule has 0 unspecified atom stereocenters. The van der Waals surface area contributed by atoms with Crippen molar-refractivity contribution < 1.29 is 19.4 Å². The van der Waals surface area contributed by atoms with Crippen LogP contribution >= 0.6 is 0 Å². The third-order valence-electron chi connectivity index (χ3n) is 6.28. The summed E-state index contributed by atoms with van der Waals surface area (Å²) in [6.45, 7) is 3.14. The molecule has 4 rings (SSSR count). The molecule has 37 heavy (non-hydrogen) atoms. The SMILES string of the molecule is CCN(C)CC(=O)N(C)c1ccc(N=C(c2ccccc2)c2c(O)[nH]c3cc(C(=O)OC)ccc23)cc1. The maximum Gasteiger partial charge on any atom is 0.337 e. The van der Waals surface area contributed by atoms with E-state index in [1.807, 2.05) is 73.5 Å². The number of benzene rings is 3. The average molecular weight is 499 g/mol. The minimum atomic E-state index is -0.459. The molecule has 0 fully saturated rings. The molecule has 8 heteroatoms. The van der Waals surface area contributed by atoms with Crippen LogP contribution in [0.4, 0.5) is 11.4 Å². The van der Waals surface area contributed by atoms with Gasteiger partial charge in [-0.3, -0.25) is 9.69 Å². The van der Waals surface area contributed by atoms with Gasteiger partial charge in [0.1, 0.15) is 0 Å². The fourth-order valence-electron chi connectivity index (χ4n) is 4.00. The number of aromatic amines is 1. The van der Waals surface area contributed by atoms with Gasteiger partial charge in [0.05, 0.1) is 36.2 Å². The molecule has 4 aromatic rings. The first-order valence-electron chi connectivity index (χ1n) is 11.9. The predicted molar refractivity (Wildman–Crippen MR) is 146 cm³/mol. The maximum atomic E-state index is 12.6. The number of anilines is 1. The first kappa shape index (κ1) is 25.7. The number of nitrogens with one attached hydrogen (secondary N) is 1. The number of carbonyl (C=O) groups is 2. The van der Waals surface area contributed by atoms with Gasteiger partial charge in [-0.15, -0.1) is 0 Å². The zero-order chi connectivity index (χ0) is 26.5. The molecule has 0 saturated carbocycles. The van der Waals surface area contributed by atoms with Crippen LogP contribution < -0.4 is 4.90 Å². The predicted octanol–water partition coefficient (Wildman–Crippen LogP) is 4.74. The number of esters is 1. The summed E-state index contributed by atoms with van der Waals surface area (Å²) in [4.78, 5) is 36.0. The van der Waals surface area contributed by atoms with E-state index < -0.39 is 5.97 Å². The summed E-state index contributed by atoms with van der Waals surface area (Å²) < 4.78 is 4.82. The molecule has 1 heterocycles. The molecule has 0 spiro atoms. The molecule has 0 radical (unpaired) electrons. The van der Waals surface area contributed by atoms with Gasteiger partial charge >= 0.3 is 5.97 Å². The average Bonchev–Trinajstić information content (AvgIpc) is 3.26. The Morgan fingerprint density at radius 3 is 2.32 bits per heavy atom. The highest BCUT2D eigenvalue weighted by atomic mass is 16.5. The van der Waals surface area contributed by atoms with Gasteiger partial charge in [0.25, 0.3) is 0 Å². The number of aliphatic imine (C=N–C) groups is 1. The lowest BCUT2D eigenvalue weighted by Gasteiger charge is -2.21. The van der Waals surface area contributed by atoms with Crippen molar-refractivity contribution in [3.8, 4) is 5.88 Å². The lowest BCUT2D eigenvalue weighted by molar-refractivity contribution is -0.119. The maximum absolute atomic E-state index is 12.6. The van der Waals surface area contributed by atoms with Crippen LogP contribution in [0.25, 0.3) is 10.9 Å². The molecule has 0 saturated heterocycles. The summed E-state index contributed by atoms with van der Waals surface area (Å²) in [7, 11) is 4.99. The van der Waals surface area contributed by atoms with Crippen molar-refractivity contribution in [3.63, 3.8) is 0 Å². The van der Waals surface area contributed by atoms with Gasteiger partial charge in [0.2, 0.25) is 5.91 Å². The molecule has 0 aliphatic heterocycles. The van der Waals surface area contributed by atoms with E-state index in [0.717, 1.165) is 23.2 Å². The summed E-state index contributed by atoms with van der Waals surface area (Å²) >= 11 is 0. The molecule has 0 atom stereocenters. The normalized spacial score (nSPS) is 11.6. The highest BCUT2D eigenvalue weighted by molar-refractivity contribution is 6.22. The Morgan fingerprint density at radius 1 is 0.973 bits per heavy atom. The third kappa shape index (κ3) is 5.54. The molecule has 0 aliphatic rings. The number of methoxy groups -OCH3 is 1. The Kier molecular flexibility index (Phi) is 7.69. The molecule has 0 bridgehead atoms. The second-order valence-corrected chi connectivity index (χ2v) is 8.73. The number of aromatic nitrogens is 1. The van der Waals surface area contributed by atoms with Crippen LogP contribution in [0.15, 0.2) is 77.8 Å². The Balaban J connectivity index is 1.74. The molecule has 0 aliphatic carbocycles. The van der Waals surface area contributed by atoms with Crippen LogP contribution in [0.2, 0.25) is 0 Å². The number of likely N-dealkylation sites (N-methyl/N-ethyl adjacent to an activating group) is 2. The van der Waals surface area contributed by atoms with E-state index in [0.29, 0.717) is 34.6 Å². The number of nitrogens with zero attached hydrogens (tertiary/aromatic N) is 3. The van der Waals surface area contributed by atoms with Crippen LogP contribution in [0.3, 0.4) is 0 Å². The topological polar surface area (TPSA) is 98.2 Å². The number of hydrogen-bond donors (Lipinski definition) is 2. The van der Waals surface area contributed by atoms with Crippen LogP contribution in [0, 0.1) is 0 Å². The second kappa shape index (κ2) is 11.1. The number of H-pyrrole nitrogens is 1. The zero-order valence-electron chi connectivity index (χ0n) is 21.4. The zero-order valence-corrected chi connectivity index (χ0v) is 21.4. The Hall–Kier alpha value is -4.43. The molecule has 1 aromatic heterocycles. The standard InChI is InChI=1S/C29H30N4O4/c1-5-32(2)18-25(34)33(3)22-14-12-21(13-15-22)30-27(19-9-7-6-8-10-19)26-23-16-11-20(29(36)37-4)17-24(23)31-28(26)35/h6-17,31,35H,5,18H2,1-4H3. The van der Waals surface area contributed by atoms with Crippen LogP contribution in [-0.4, -0.2) is 66.9 Å².